The first-order chi connectivity index (χ1) is 13.1. The Bertz CT molecular complexity index is 960. The van der Waals surface area contributed by atoms with Gasteiger partial charge in [0, 0.05) is 54.7 Å². The lowest BCUT2D eigenvalue weighted by Crippen LogP contribution is -2.39. The van der Waals surface area contributed by atoms with Crippen molar-refractivity contribution in [1.82, 2.24) is 24.6 Å². The van der Waals surface area contributed by atoms with Gasteiger partial charge in [-0.25, -0.2) is 0 Å². The van der Waals surface area contributed by atoms with Crippen LogP contribution in [0.4, 0.5) is 0 Å². The zero-order chi connectivity index (χ0) is 18.8. The number of aryl methyl sites for hydroxylation is 1. The van der Waals surface area contributed by atoms with Gasteiger partial charge in [0.15, 0.2) is 5.78 Å². The minimum atomic E-state index is -0.222. The predicted octanol–water partition coefficient (Wildman–Crippen LogP) is 1.60. The molecule has 140 valence electrons. The number of piperidine rings is 1. The van der Waals surface area contributed by atoms with E-state index >= 15 is 0 Å². The summed E-state index contributed by atoms with van der Waals surface area (Å²) < 4.78 is 1.76. The van der Waals surface area contributed by atoms with Crippen LogP contribution in [0.3, 0.4) is 0 Å². The predicted molar refractivity (Wildman–Crippen MR) is 102 cm³/mol. The third-order valence-electron chi connectivity index (χ3n) is 5.00. The number of rotatable bonds is 5. The normalized spacial score (nSPS) is 16.1. The van der Waals surface area contributed by atoms with E-state index in [1.165, 1.54) is 0 Å². The number of pyridine rings is 2. The first-order valence-electron chi connectivity index (χ1n) is 9.22. The van der Waals surface area contributed by atoms with Crippen molar-refractivity contribution in [3.8, 4) is 11.1 Å². The maximum Gasteiger partial charge on any atom is 0.152 e. The third-order valence-corrected chi connectivity index (χ3v) is 5.00. The second-order valence-corrected chi connectivity index (χ2v) is 7.22. The first-order valence-corrected chi connectivity index (χ1v) is 9.22. The highest BCUT2D eigenvalue weighted by molar-refractivity contribution is 5.86. The van der Waals surface area contributed by atoms with Crippen molar-refractivity contribution in [2.24, 2.45) is 7.05 Å². The monoisotopic (exact) mass is 365 g/mol. The fourth-order valence-electron chi connectivity index (χ4n) is 3.49. The fourth-order valence-corrected chi connectivity index (χ4v) is 3.49. The molecule has 1 saturated heterocycles. The summed E-state index contributed by atoms with van der Waals surface area (Å²) in [6, 6.07) is 4.00. The standard InChI is InChI=1S/C20H23N5O2/c1-24-12-16(10-23-24)15-6-14-7-17(21-11-20(14)22-9-15)8-19(27)13-25-4-2-18(26)3-5-25/h6-7,9-12,18,26H,2-5,8,13H2,1H3. The number of fused-ring (bicyclic) bond motifs is 1. The average Bonchev–Trinajstić information content (AvgIpc) is 3.09. The van der Waals surface area contributed by atoms with E-state index in [1.54, 1.807) is 10.9 Å². The van der Waals surface area contributed by atoms with Crippen molar-refractivity contribution >= 4 is 16.7 Å². The molecule has 1 N–H and O–H groups in total. The van der Waals surface area contributed by atoms with Crippen LogP contribution in [0, 0.1) is 0 Å². The quantitative estimate of drug-likeness (QED) is 0.739. The van der Waals surface area contributed by atoms with Crippen LogP contribution in [0.5, 0.6) is 0 Å². The summed E-state index contributed by atoms with van der Waals surface area (Å²) in [7, 11) is 1.88. The Morgan fingerprint density at radius 1 is 1.15 bits per heavy atom. The molecule has 3 aromatic heterocycles. The Labute approximate surface area is 157 Å². The van der Waals surface area contributed by atoms with E-state index in [9.17, 15) is 9.90 Å². The van der Waals surface area contributed by atoms with E-state index in [-0.39, 0.29) is 11.9 Å². The number of Topliss-reactive ketones (excluding diaryl/α,β-unsaturated/α-hetero) is 1. The van der Waals surface area contributed by atoms with Gasteiger partial charge >= 0.3 is 0 Å². The van der Waals surface area contributed by atoms with E-state index < -0.39 is 0 Å². The molecular formula is C20H23N5O2. The number of aliphatic hydroxyl groups is 1. The van der Waals surface area contributed by atoms with E-state index in [4.69, 9.17) is 0 Å². The summed E-state index contributed by atoms with van der Waals surface area (Å²) in [6.45, 7) is 1.97. The van der Waals surface area contributed by atoms with Crippen molar-refractivity contribution in [3.05, 3.63) is 42.6 Å². The SMILES string of the molecule is Cn1cc(-c2cnc3cnc(CC(=O)CN4CCC(O)CC4)cc3c2)cn1. The Kier molecular flexibility index (Phi) is 4.96. The molecule has 7 nitrogen and oxygen atoms in total. The van der Waals surface area contributed by atoms with Crippen molar-refractivity contribution in [1.29, 1.82) is 0 Å². The molecule has 27 heavy (non-hydrogen) atoms. The van der Waals surface area contributed by atoms with Gasteiger partial charge in [-0.15, -0.1) is 0 Å². The number of nitrogens with zero attached hydrogens (tertiary/aromatic N) is 5. The number of aliphatic hydroxyl groups excluding tert-OH is 1. The Morgan fingerprint density at radius 2 is 1.96 bits per heavy atom. The van der Waals surface area contributed by atoms with E-state index in [2.05, 4.69) is 26.0 Å². The minimum absolute atomic E-state index is 0.148. The molecule has 0 unspecified atom stereocenters. The third kappa shape index (κ3) is 4.20. The fraction of sp³-hybridized carbons (Fsp3) is 0.400. The molecule has 1 aliphatic rings. The van der Waals surface area contributed by atoms with Gasteiger partial charge in [0.05, 0.1) is 37.0 Å². The number of hydrogen-bond acceptors (Lipinski definition) is 6. The van der Waals surface area contributed by atoms with Crippen LogP contribution >= 0.6 is 0 Å². The molecule has 1 fully saturated rings. The summed E-state index contributed by atoms with van der Waals surface area (Å²) in [5.74, 6) is 0.148. The molecule has 4 heterocycles. The number of aromatic nitrogens is 4. The Balaban J connectivity index is 1.48. The van der Waals surface area contributed by atoms with Crippen molar-refractivity contribution < 1.29 is 9.90 Å². The molecular weight excluding hydrogens is 342 g/mol. The number of hydrogen-bond donors (Lipinski definition) is 1. The van der Waals surface area contributed by atoms with Crippen molar-refractivity contribution in [3.63, 3.8) is 0 Å². The lowest BCUT2D eigenvalue weighted by atomic mass is 10.1. The average molecular weight is 365 g/mol. The van der Waals surface area contributed by atoms with Crippen LogP contribution in [0.15, 0.2) is 36.9 Å². The van der Waals surface area contributed by atoms with Gasteiger partial charge in [0.2, 0.25) is 0 Å². The number of ketones is 1. The van der Waals surface area contributed by atoms with Crippen LogP contribution in [0.25, 0.3) is 22.0 Å². The van der Waals surface area contributed by atoms with E-state index in [1.807, 2.05) is 31.7 Å². The second kappa shape index (κ2) is 7.54. The van der Waals surface area contributed by atoms with Crippen LogP contribution in [0.1, 0.15) is 18.5 Å². The highest BCUT2D eigenvalue weighted by atomic mass is 16.3. The number of carbonyl (C=O) groups excluding carboxylic acids is 1. The molecule has 7 heteroatoms. The summed E-state index contributed by atoms with van der Waals surface area (Å²) in [6.07, 6.45) is 8.87. The summed E-state index contributed by atoms with van der Waals surface area (Å²) >= 11 is 0. The second-order valence-electron chi connectivity index (χ2n) is 7.22. The van der Waals surface area contributed by atoms with Crippen LogP contribution in [0.2, 0.25) is 0 Å². The van der Waals surface area contributed by atoms with Crippen molar-refractivity contribution in [2.75, 3.05) is 19.6 Å². The van der Waals surface area contributed by atoms with Gasteiger partial charge in [0.25, 0.3) is 0 Å². The number of likely N-dealkylation sites (tertiary alicyclic amines) is 1. The topological polar surface area (TPSA) is 84.1 Å². The zero-order valence-electron chi connectivity index (χ0n) is 15.4. The molecule has 0 atom stereocenters. The molecule has 0 saturated carbocycles. The van der Waals surface area contributed by atoms with Crippen LogP contribution in [-0.4, -0.2) is 61.3 Å². The van der Waals surface area contributed by atoms with E-state index in [0.29, 0.717) is 13.0 Å². The zero-order valence-corrected chi connectivity index (χ0v) is 15.4. The van der Waals surface area contributed by atoms with Crippen LogP contribution in [-0.2, 0) is 18.3 Å². The highest BCUT2D eigenvalue weighted by Gasteiger charge is 2.19. The summed E-state index contributed by atoms with van der Waals surface area (Å²) in [5, 5.41) is 14.7. The smallest absolute Gasteiger partial charge is 0.152 e. The van der Waals surface area contributed by atoms with Gasteiger partial charge < -0.3 is 5.11 Å². The molecule has 0 amide bonds. The summed E-state index contributed by atoms with van der Waals surface area (Å²) in [4.78, 5) is 23.4. The molecule has 1 aliphatic heterocycles. The maximum atomic E-state index is 12.4. The summed E-state index contributed by atoms with van der Waals surface area (Å²) in [5.41, 5.74) is 3.57. The van der Waals surface area contributed by atoms with E-state index in [0.717, 1.165) is 53.7 Å². The Hall–Kier alpha value is -2.64. The lowest BCUT2D eigenvalue weighted by Gasteiger charge is -2.28. The highest BCUT2D eigenvalue weighted by Crippen LogP contribution is 2.22. The maximum absolute atomic E-state index is 12.4. The molecule has 0 spiro atoms. The molecule has 0 bridgehead atoms. The molecule has 4 rings (SSSR count). The molecule has 0 aliphatic carbocycles. The lowest BCUT2D eigenvalue weighted by molar-refractivity contribution is -0.120. The van der Waals surface area contributed by atoms with Gasteiger partial charge in [0.1, 0.15) is 0 Å². The molecule has 0 radical (unpaired) electrons. The van der Waals surface area contributed by atoms with Crippen LogP contribution < -0.4 is 0 Å². The van der Waals surface area contributed by atoms with Crippen molar-refractivity contribution in [2.45, 2.75) is 25.4 Å². The molecule has 0 aromatic carbocycles. The van der Waals surface area contributed by atoms with Gasteiger partial charge in [-0.05, 0) is 25.0 Å². The minimum Gasteiger partial charge on any atom is -0.393 e. The number of carbonyl (C=O) groups is 1. The first kappa shape index (κ1) is 17.8. The van der Waals surface area contributed by atoms with Gasteiger partial charge in [-0.2, -0.15) is 5.10 Å². The van der Waals surface area contributed by atoms with Gasteiger partial charge in [-0.1, -0.05) is 0 Å². The van der Waals surface area contributed by atoms with Gasteiger partial charge in [-0.3, -0.25) is 24.3 Å². The largest absolute Gasteiger partial charge is 0.393 e. The molecule has 3 aromatic rings. The Morgan fingerprint density at radius 3 is 2.70 bits per heavy atom.